The number of nitrogens with one attached hydrogen (secondary N) is 2. The van der Waals surface area contributed by atoms with Crippen LogP contribution in [0.5, 0.6) is 0 Å². The van der Waals surface area contributed by atoms with Gasteiger partial charge in [0, 0.05) is 19.6 Å². The number of aliphatic hydroxyl groups is 1. The highest BCUT2D eigenvalue weighted by Gasteiger charge is 2.21. The van der Waals surface area contributed by atoms with Crippen LogP contribution in [0.15, 0.2) is 0 Å². The molecule has 7 nitrogen and oxygen atoms in total. The lowest BCUT2D eigenvalue weighted by Crippen LogP contribution is -2.43. The van der Waals surface area contributed by atoms with Gasteiger partial charge in [-0.1, -0.05) is 0 Å². The SMILES string of the molecule is CCNc1nc(Cl)nc(NCC(C)(O)CN(C)C)n1. The van der Waals surface area contributed by atoms with Crippen molar-refractivity contribution in [1.82, 2.24) is 19.9 Å². The molecule has 0 aliphatic carbocycles. The highest BCUT2D eigenvalue weighted by molar-refractivity contribution is 6.28. The maximum absolute atomic E-state index is 10.2. The van der Waals surface area contributed by atoms with E-state index in [0.29, 0.717) is 31.5 Å². The Balaban J connectivity index is 2.66. The summed E-state index contributed by atoms with van der Waals surface area (Å²) in [5, 5.41) is 16.2. The van der Waals surface area contributed by atoms with Gasteiger partial charge in [0.1, 0.15) is 0 Å². The molecule has 1 aromatic heterocycles. The highest BCUT2D eigenvalue weighted by Crippen LogP contribution is 2.11. The molecule has 1 aromatic rings. The molecular weight excluding hydrogens is 268 g/mol. The first kappa shape index (κ1) is 15.9. The first-order chi connectivity index (χ1) is 8.82. The third-order valence-corrected chi connectivity index (χ3v) is 2.40. The van der Waals surface area contributed by atoms with Crippen molar-refractivity contribution in [2.24, 2.45) is 0 Å². The van der Waals surface area contributed by atoms with Crippen molar-refractivity contribution in [3.05, 3.63) is 5.28 Å². The fourth-order valence-electron chi connectivity index (χ4n) is 1.67. The molecule has 19 heavy (non-hydrogen) atoms. The van der Waals surface area contributed by atoms with E-state index in [1.165, 1.54) is 0 Å². The van der Waals surface area contributed by atoms with Gasteiger partial charge >= 0.3 is 0 Å². The molecule has 0 saturated heterocycles. The fraction of sp³-hybridized carbons (Fsp3) is 0.727. The fourth-order valence-corrected chi connectivity index (χ4v) is 1.83. The van der Waals surface area contributed by atoms with Crippen LogP contribution >= 0.6 is 11.6 Å². The number of aromatic nitrogens is 3. The van der Waals surface area contributed by atoms with Gasteiger partial charge < -0.3 is 20.6 Å². The molecule has 1 rings (SSSR count). The third-order valence-electron chi connectivity index (χ3n) is 2.23. The average molecular weight is 289 g/mol. The Morgan fingerprint density at radius 3 is 2.32 bits per heavy atom. The Morgan fingerprint density at radius 1 is 1.21 bits per heavy atom. The van der Waals surface area contributed by atoms with Gasteiger partial charge in [-0.3, -0.25) is 0 Å². The Labute approximate surface area is 118 Å². The standard InChI is InChI=1S/C11H21ClN6O/c1-5-13-9-15-8(12)16-10(17-9)14-6-11(2,19)7-18(3)4/h19H,5-7H2,1-4H3,(H2,13,14,15,16,17). The summed E-state index contributed by atoms with van der Waals surface area (Å²) < 4.78 is 0. The van der Waals surface area contributed by atoms with E-state index in [1.807, 2.05) is 25.9 Å². The zero-order chi connectivity index (χ0) is 14.5. The highest BCUT2D eigenvalue weighted by atomic mass is 35.5. The number of halogens is 1. The summed E-state index contributed by atoms with van der Waals surface area (Å²) in [4.78, 5) is 14.0. The molecule has 0 spiro atoms. The van der Waals surface area contributed by atoms with Gasteiger partial charge in [-0.2, -0.15) is 15.0 Å². The molecule has 1 heterocycles. The van der Waals surface area contributed by atoms with Crippen molar-refractivity contribution in [2.75, 3.05) is 44.4 Å². The summed E-state index contributed by atoms with van der Waals surface area (Å²) in [6.45, 7) is 5.22. The summed E-state index contributed by atoms with van der Waals surface area (Å²) in [7, 11) is 3.80. The van der Waals surface area contributed by atoms with E-state index in [9.17, 15) is 5.11 Å². The zero-order valence-electron chi connectivity index (χ0n) is 11.7. The van der Waals surface area contributed by atoms with E-state index in [4.69, 9.17) is 11.6 Å². The van der Waals surface area contributed by atoms with Crippen molar-refractivity contribution >= 4 is 23.5 Å². The van der Waals surface area contributed by atoms with Gasteiger partial charge in [-0.15, -0.1) is 0 Å². The number of nitrogens with zero attached hydrogens (tertiary/aromatic N) is 4. The number of hydrogen-bond donors (Lipinski definition) is 3. The quantitative estimate of drug-likeness (QED) is 0.680. The van der Waals surface area contributed by atoms with Gasteiger partial charge in [0.05, 0.1) is 5.60 Å². The van der Waals surface area contributed by atoms with Gasteiger partial charge in [0.25, 0.3) is 0 Å². The lowest BCUT2D eigenvalue weighted by atomic mass is 10.1. The molecule has 0 radical (unpaired) electrons. The van der Waals surface area contributed by atoms with Crippen LogP contribution in [0, 0.1) is 0 Å². The summed E-state index contributed by atoms with van der Waals surface area (Å²) >= 11 is 5.81. The molecule has 0 saturated carbocycles. The minimum Gasteiger partial charge on any atom is -0.387 e. The van der Waals surface area contributed by atoms with E-state index < -0.39 is 5.60 Å². The van der Waals surface area contributed by atoms with Crippen LogP contribution in [0.25, 0.3) is 0 Å². The predicted octanol–water partition coefficient (Wildman–Crippen LogP) is 0.681. The van der Waals surface area contributed by atoms with Crippen molar-refractivity contribution in [1.29, 1.82) is 0 Å². The maximum atomic E-state index is 10.2. The second-order valence-corrected chi connectivity index (χ2v) is 5.21. The second kappa shape index (κ2) is 6.83. The van der Waals surface area contributed by atoms with Crippen molar-refractivity contribution in [3.8, 4) is 0 Å². The van der Waals surface area contributed by atoms with Crippen LogP contribution in [0.1, 0.15) is 13.8 Å². The van der Waals surface area contributed by atoms with Crippen LogP contribution in [0.2, 0.25) is 5.28 Å². The number of anilines is 2. The van der Waals surface area contributed by atoms with Crippen molar-refractivity contribution in [2.45, 2.75) is 19.4 Å². The molecule has 0 aliphatic heterocycles. The predicted molar refractivity (Wildman–Crippen MR) is 76.7 cm³/mol. The van der Waals surface area contributed by atoms with Crippen molar-refractivity contribution < 1.29 is 5.11 Å². The summed E-state index contributed by atoms with van der Waals surface area (Å²) in [5.41, 5.74) is -0.888. The molecule has 108 valence electrons. The average Bonchev–Trinajstić information content (AvgIpc) is 2.24. The van der Waals surface area contributed by atoms with Gasteiger partial charge in [-0.05, 0) is 39.5 Å². The number of hydrogen-bond acceptors (Lipinski definition) is 7. The van der Waals surface area contributed by atoms with E-state index in [-0.39, 0.29) is 5.28 Å². The van der Waals surface area contributed by atoms with Crippen LogP contribution in [-0.2, 0) is 0 Å². The molecule has 3 N–H and O–H groups in total. The number of likely N-dealkylation sites (N-methyl/N-ethyl adjacent to an activating group) is 1. The molecule has 0 amide bonds. The second-order valence-electron chi connectivity index (χ2n) is 4.87. The van der Waals surface area contributed by atoms with Crippen LogP contribution in [-0.4, -0.2) is 64.3 Å². The minimum atomic E-state index is -0.888. The Kier molecular flexibility index (Phi) is 5.71. The Bertz CT molecular complexity index is 412. The summed E-state index contributed by atoms with van der Waals surface area (Å²) in [6, 6.07) is 0. The molecule has 0 bridgehead atoms. The summed E-state index contributed by atoms with van der Waals surface area (Å²) in [6.07, 6.45) is 0. The van der Waals surface area contributed by atoms with E-state index >= 15 is 0 Å². The molecule has 0 aliphatic rings. The molecule has 1 unspecified atom stereocenters. The van der Waals surface area contributed by atoms with Crippen LogP contribution in [0.4, 0.5) is 11.9 Å². The smallest absolute Gasteiger partial charge is 0.228 e. The lowest BCUT2D eigenvalue weighted by Gasteiger charge is -2.27. The molecule has 0 fully saturated rings. The first-order valence-corrected chi connectivity index (χ1v) is 6.46. The van der Waals surface area contributed by atoms with E-state index in [1.54, 1.807) is 6.92 Å². The molecule has 8 heteroatoms. The molecule has 1 atom stereocenters. The minimum absolute atomic E-state index is 0.112. The molecular formula is C11H21ClN6O. The van der Waals surface area contributed by atoms with Gasteiger partial charge in [-0.25, -0.2) is 0 Å². The lowest BCUT2D eigenvalue weighted by molar-refractivity contribution is 0.0458. The van der Waals surface area contributed by atoms with Crippen LogP contribution < -0.4 is 10.6 Å². The largest absolute Gasteiger partial charge is 0.387 e. The number of rotatable bonds is 7. The van der Waals surface area contributed by atoms with Gasteiger partial charge in [0.15, 0.2) is 0 Å². The van der Waals surface area contributed by atoms with Crippen molar-refractivity contribution in [3.63, 3.8) is 0 Å². The summed E-state index contributed by atoms with van der Waals surface area (Å²) in [5.74, 6) is 0.757. The van der Waals surface area contributed by atoms with Crippen LogP contribution in [0.3, 0.4) is 0 Å². The maximum Gasteiger partial charge on any atom is 0.228 e. The zero-order valence-corrected chi connectivity index (χ0v) is 12.5. The normalized spacial score (nSPS) is 14.3. The molecule has 0 aromatic carbocycles. The third kappa shape index (κ3) is 6.00. The Morgan fingerprint density at radius 2 is 1.79 bits per heavy atom. The van der Waals surface area contributed by atoms with Gasteiger partial charge in [0.2, 0.25) is 17.2 Å². The first-order valence-electron chi connectivity index (χ1n) is 6.09. The van der Waals surface area contributed by atoms with E-state index in [0.717, 1.165) is 0 Å². The Hall–Kier alpha value is -1.18. The topological polar surface area (TPSA) is 86.2 Å². The monoisotopic (exact) mass is 288 g/mol. The van der Waals surface area contributed by atoms with E-state index in [2.05, 4.69) is 25.6 Å².